The fourth-order valence-electron chi connectivity index (χ4n) is 3.78. The number of hydrogen-bond acceptors (Lipinski definition) is 2. The zero-order valence-electron chi connectivity index (χ0n) is 11.2. The van der Waals surface area contributed by atoms with Crippen LogP contribution in [0.3, 0.4) is 0 Å². The van der Waals surface area contributed by atoms with E-state index in [9.17, 15) is 5.11 Å². The van der Waals surface area contributed by atoms with Crippen LogP contribution in [0.1, 0.15) is 53.4 Å². The molecule has 0 aromatic heterocycles. The van der Waals surface area contributed by atoms with Crippen LogP contribution in [0, 0.1) is 11.8 Å². The van der Waals surface area contributed by atoms with E-state index in [1.165, 1.54) is 12.8 Å². The predicted molar refractivity (Wildman–Crippen MR) is 67.4 cm³/mol. The lowest BCUT2D eigenvalue weighted by molar-refractivity contribution is -0.0763. The van der Waals surface area contributed by atoms with Gasteiger partial charge in [0.1, 0.15) is 0 Å². The first-order valence-corrected chi connectivity index (χ1v) is 6.96. The summed E-state index contributed by atoms with van der Waals surface area (Å²) in [7, 11) is 0. The van der Waals surface area contributed by atoms with Crippen LogP contribution >= 0.6 is 0 Å². The maximum Gasteiger partial charge on any atom is 0.0570 e. The largest absolute Gasteiger partial charge is 0.393 e. The monoisotopic (exact) mass is 225 g/mol. The van der Waals surface area contributed by atoms with Crippen molar-refractivity contribution in [1.29, 1.82) is 0 Å². The molecule has 2 fully saturated rings. The highest BCUT2D eigenvalue weighted by molar-refractivity contribution is 4.97. The average Bonchev–Trinajstić information content (AvgIpc) is 2.22. The number of fused-ring (bicyclic) bond motifs is 1. The van der Waals surface area contributed by atoms with Crippen LogP contribution in [0.4, 0.5) is 0 Å². The quantitative estimate of drug-likeness (QED) is 0.741. The fourth-order valence-corrected chi connectivity index (χ4v) is 3.78. The molecule has 2 saturated heterocycles. The molecule has 0 aromatic carbocycles. The summed E-state index contributed by atoms with van der Waals surface area (Å²) in [5.74, 6) is 1.41. The molecule has 0 bridgehead atoms. The van der Waals surface area contributed by atoms with E-state index in [2.05, 4.69) is 32.6 Å². The van der Waals surface area contributed by atoms with Crippen molar-refractivity contribution in [2.24, 2.45) is 11.8 Å². The van der Waals surface area contributed by atoms with Crippen molar-refractivity contribution in [2.75, 3.05) is 0 Å². The Bertz CT molecular complexity index is 233. The topological polar surface area (TPSA) is 23.5 Å². The van der Waals surface area contributed by atoms with Gasteiger partial charge in [-0.05, 0) is 44.4 Å². The van der Waals surface area contributed by atoms with Crippen LogP contribution in [-0.4, -0.2) is 34.2 Å². The van der Waals surface area contributed by atoms with Crippen molar-refractivity contribution in [1.82, 2.24) is 4.90 Å². The van der Waals surface area contributed by atoms with Crippen LogP contribution in [0.25, 0.3) is 0 Å². The molecule has 0 saturated carbocycles. The van der Waals surface area contributed by atoms with E-state index in [1.54, 1.807) is 0 Å². The standard InChI is InChI=1S/C14H27NO/c1-9(2)13-7-12(16)8-14-10(3)5-6-11(4)15(13)14/h9-14,16H,5-8H2,1-4H3/t10-,11-,12-,13-,14-/m1/s1. The molecule has 2 aliphatic rings. The Morgan fingerprint density at radius 1 is 1.12 bits per heavy atom. The van der Waals surface area contributed by atoms with Gasteiger partial charge < -0.3 is 5.11 Å². The third-order valence-electron chi connectivity index (χ3n) is 4.77. The Kier molecular flexibility index (Phi) is 3.60. The van der Waals surface area contributed by atoms with Gasteiger partial charge in [-0.15, -0.1) is 0 Å². The number of rotatable bonds is 1. The zero-order chi connectivity index (χ0) is 11.9. The molecule has 2 aliphatic heterocycles. The van der Waals surface area contributed by atoms with E-state index in [4.69, 9.17) is 0 Å². The molecule has 2 heterocycles. The van der Waals surface area contributed by atoms with Gasteiger partial charge in [-0.1, -0.05) is 20.8 Å². The van der Waals surface area contributed by atoms with Gasteiger partial charge >= 0.3 is 0 Å². The van der Waals surface area contributed by atoms with E-state index in [1.807, 2.05) is 0 Å². The van der Waals surface area contributed by atoms with E-state index >= 15 is 0 Å². The summed E-state index contributed by atoms with van der Waals surface area (Å²) in [6.45, 7) is 9.32. The molecular weight excluding hydrogens is 198 g/mol. The molecule has 0 aromatic rings. The molecule has 2 nitrogen and oxygen atoms in total. The van der Waals surface area contributed by atoms with Gasteiger partial charge in [0, 0.05) is 18.1 Å². The lowest BCUT2D eigenvalue weighted by atomic mass is 9.76. The molecular formula is C14H27NO. The number of nitrogens with zero attached hydrogens (tertiary/aromatic N) is 1. The van der Waals surface area contributed by atoms with E-state index in [0.29, 0.717) is 24.0 Å². The first-order chi connectivity index (χ1) is 7.50. The molecule has 2 rings (SSSR count). The summed E-state index contributed by atoms with van der Waals surface area (Å²) >= 11 is 0. The van der Waals surface area contributed by atoms with Crippen molar-refractivity contribution in [2.45, 2.75) is 77.6 Å². The number of aliphatic hydroxyl groups is 1. The summed E-state index contributed by atoms with van der Waals surface area (Å²) in [6, 6.07) is 1.92. The van der Waals surface area contributed by atoms with Gasteiger partial charge in [0.05, 0.1) is 6.10 Å². The van der Waals surface area contributed by atoms with E-state index < -0.39 is 0 Å². The average molecular weight is 225 g/mol. The molecule has 0 unspecified atom stereocenters. The molecule has 0 spiro atoms. The number of aliphatic hydroxyl groups excluding tert-OH is 1. The molecule has 0 amide bonds. The Morgan fingerprint density at radius 3 is 2.44 bits per heavy atom. The second kappa shape index (κ2) is 4.66. The summed E-state index contributed by atoms with van der Waals surface area (Å²) < 4.78 is 0. The second-order valence-corrected chi connectivity index (χ2v) is 6.35. The van der Waals surface area contributed by atoms with E-state index in [0.717, 1.165) is 18.8 Å². The summed E-state index contributed by atoms with van der Waals surface area (Å²) in [4.78, 5) is 2.73. The van der Waals surface area contributed by atoms with Crippen LogP contribution in [0.2, 0.25) is 0 Å². The van der Waals surface area contributed by atoms with E-state index in [-0.39, 0.29) is 6.10 Å². The highest BCUT2D eigenvalue weighted by Crippen LogP contribution is 2.39. The van der Waals surface area contributed by atoms with Gasteiger partial charge in [0.25, 0.3) is 0 Å². The second-order valence-electron chi connectivity index (χ2n) is 6.35. The first kappa shape index (κ1) is 12.4. The van der Waals surface area contributed by atoms with Gasteiger partial charge in [-0.25, -0.2) is 0 Å². The van der Waals surface area contributed by atoms with Crippen molar-refractivity contribution < 1.29 is 5.11 Å². The zero-order valence-corrected chi connectivity index (χ0v) is 11.2. The molecule has 16 heavy (non-hydrogen) atoms. The van der Waals surface area contributed by atoms with Gasteiger partial charge in [0.2, 0.25) is 0 Å². The molecule has 2 heteroatoms. The smallest absolute Gasteiger partial charge is 0.0570 e. The minimum absolute atomic E-state index is 0.0681. The molecule has 0 radical (unpaired) electrons. The van der Waals surface area contributed by atoms with Gasteiger partial charge in [0.15, 0.2) is 0 Å². The number of hydrogen-bond donors (Lipinski definition) is 1. The molecule has 5 atom stereocenters. The van der Waals surface area contributed by atoms with Gasteiger partial charge in [-0.3, -0.25) is 4.90 Å². The summed E-state index contributed by atoms with van der Waals surface area (Å²) in [5.41, 5.74) is 0. The van der Waals surface area contributed by atoms with Crippen LogP contribution < -0.4 is 0 Å². The van der Waals surface area contributed by atoms with Crippen molar-refractivity contribution in [3.63, 3.8) is 0 Å². The van der Waals surface area contributed by atoms with Crippen LogP contribution in [0.5, 0.6) is 0 Å². The van der Waals surface area contributed by atoms with Crippen molar-refractivity contribution >= 4 is 0 Å². The third kappa shape index (κ3) is 2.14. The van der Waals surface area contributed by atoms with Crippen molar-refractivity contribution in [3.8, 4) is 0 Å². The Balaban J connectivity index is 2.20. The van der Waals surface area contributed by atoms with Crippen LogP contribution in [-0.2, 0) is 0 Å². The molecule has 94 valence electrons. The Hall–Kier alpha value is -0.0800. The third-order valence-corrected chi connectivity index (χ3v) is 4.77. The highest BCUT2D eigenvalue weighted by atomic mass is 16.3. The maximum absolute atomic E-state index is 10.0. The molecule has 0 aliphatic carbocycles. The maximum atomic E-state index is 10.0. The lowest BCUT2D eigenvalue weighted by Gasteiger charge is -2.54. The Morgan fingerprint density at radius 2 is 1.81 bits per heavy atom. The van der Waals surface area contributed by atoms with Crippen molar-refractivity contribution in [3.05, 3.63) is 0 Å². The fraction of sp³-hybridized carbons (Fsp3) is 1.00. The molecule has 1 N–H and O–H groups in total. The SMILES string of the molecule is CC(C)[C@H]1C[C@@H](O)C[C@@H]2[C@H](C)CC[C@@H](C)N12. The Labute approximate surface area is 100 Å². The number of piperidine rings is 2. The minimum Gasteiger partial charge on any atom is -0.393 e. The van der Waals surface area contributed by atoms with Crippen LogP contribution in [0.15, 0.2) is 0 Å². The minimum atomic E-state index is -0.0681. The van der Waals surface area contributed by atoms with Gasteiger partial charge in [-0.2, -0.15) is 0 Å². The highest BCUT2D eigenvalue weighted by Gasteiger charge is 2.43. The summed E-state index contributed by atoms with van der Waals surface area (Å²) in [6.07, 6.45) is 4.57. The first-order valence-electron chi connectivity index (χ1n) is 6.96. The lowest BCUT2D eigenvalue weighted by Crippen LogP contribution is -2.60. The predicted octanol–water partition coefficient (Wildman–Crippen LogP) is 2.65. The summed E-state index contributed by atoms with van der Waals surface area (Å²) in [5, 5.41) is 10.0. The normalized spacial score (nSPS) is 45.8.